The number of carbonyl (C=O) groups is 3. The second-order valence-corrected chi connectivity index (χ2v) is 17.7. The molecule has 48 heavy (non-hydrogen) atoms. The number of amides is 3. The van der Waals surface area contributed by atoms with Crippen LogP contribution in [0.3, 0.4) is 0 Å². The van der Waals surface area contributed by atoms with Gasteiger partial charge in [0.25, 0.3) is 11.8 Å². The van der Waals surface area contributed by atoms with Crippen LogP contribution in [0.4, 0.5) is 15.5 Å². The molecule has 12 heteroatoms. The van der Waals surface area contributed by atoms with Crippen LogP contribution in [0, 0.1) is 5.92 Å². The lowest BCUT2D eigenvalue weighted by Crippen LogP contribution is -2.45. The fraction of sp³-hybridized carbons (Fsp3) is 0.417. The van der Waals surface area contributed by atoms with E-state index in [-0.39, 0.29) is 43.3 Å². The van der Waals surface area contributed by atoms with Crippen LogP contribution >= 0.6 is 11.6 Å². The van der Waals surface area contributed by atoms with Gasteiger partial charge in [-0.25, -0.2) is 0 Å². The van der Waals surface area contributed by atoms with Crippen molar-refractivity contribution in [2.24, 2.45) is 5.92 Å². The fourth-order valence-electron chi connectivity index (χ4n) is 7.84. The van der Waals surface area contributed by atoms with Crippen LogP contribution in [0.25, 0.3) is 0 Å². The number of aliphatic hydroxyl groups excluding tert-OH is 1. The van der Waals surface area contributed by atoms with Gasteiger partial charge in [0.05, 0.1) is 44.5 Å². The van der Waals surface area contributed by atoms with Gasteiger partial charge in [-0.15, -0.1) is 0 Å². The normalized spacial score (nSPS) is 25.1. The van der Waals surface area contributed by atoms with Gasteiger partial charge < -0.3 is 33.8 Å². The third-order valence-corrected chi connectivity index (χ3v) is 12.8. The summed E-state index contributed by atoms with van der Waals surface area (Å²) < 4.78 is 28.1. The van der Waals surface area contributed by atoms with E-state index in [2.05, 4.69) is 5.32 Å². The molecule has 0 aliphatic carbocycles. The summed E-state index contributed by atoms with van der Waals surface area (Å²) in [6.45, 7) is 5.67. The summed E-state index contributed by atoms with van der Waals surface area (Å²) in [5, 5.41) is 13.1. The standard InChI is InChI=1S/C36H41ClFN3O6Si/c1-22-33(48(3,4)38)31(19-32(43)40-17-5-6-27(40)21-42)47-36(22)29-18-25(37)11-16-30(29)41(35(36)45)20-23-7-12-26(13-8-23)39-34(44)24-9-14-28(46-2)15-10-24/h7-16,18,22,27,31,33,42H,5-6,17,19-21H2,1-4H3,(H,39,44)/t22-,27+,31+,33-,36+/m1/s1. The number of carbonyl (C=O) groups excluding carboxylic acids is 3. The Morgan fingerprint density at radius 1 is 1.12 bits per heavy atom. The number of hydrogen-bond donors (Lipinski definition) is 2. The van der Waals surface area contributed by atoms with Crippen molar-refractivity contribution in [3.05, 3.63) is 88.4 Å². The molecule has 3 amide bonds. The molecular weight excluding hydrogens is 653 g/mol. The van der Waals surface area contributed by atoms with Crippen molar-refractivity contribution in [2.75, 3.05) is 30.5 Å². The van der Waals surface area contributed by atoms with Gasteiger partial charge in [-0.05, 0) is 86.1 Å². The van der Waals surface area contributed by atoms with Crippen molar-refractivity contribution >= 4 is 49.1 Å². The molecule has 0 unspecified atom stereocenters. The Morgan fingerprint density at radius 3 is 2.48 bits per heavy atom. The van der Waals surface area contributed by atoms with E-state index in [1.54, 1.807) is 84.6 Å². The van der Waals surface area contributed by atoms with Crippen LogP contribution in [0.2, 0.25) is 23.7 Å². The van der Waals surface area contributed by atoms with E-state index >= 15 is 4.11 Å². The van der Waals surface area contributed by atoms with E-state index in [1.807, 2.05) is 19.1 Å². The molecule has 0 aromatic heterocycles. The van der Waals surface area contributed by atoms with Crippen molar-refractivity contribution < 1.29 is 33.1 Å². The number of benzene rings is 3. The van der Waals surface area contributed by atoms with Crippen molar-refractivity contribution in [1.29, 1.82) is 0 Å². The zero-order valence-corrected chi connectivity index (χ0v) is 29.3. The summed E-state index contributed by atoms with van der Waals surface area (Å²) in [5.41, 5.74) is 0.930. The van der Waals surface area contributed by atoms with E-state index in [4.69, 9.17) is 21.1 Å². The van der Waals surface area contributed by atoms with E-state index in [0.717, 1.165) is 18.4 Å². The molecule has 2 fully saturated rings. The van der Waals surface area contributed by atoms with Crippen molar-refractivity contribution in [1.82, 2.24) is 4.90 Å². The maximum Gasteiger partial charge on any atom is 0.264 e. The number of rotatable bonds is 9. The SMILES string of the molecule is COc1ccc(C(=O)Nc2ccc(CN3C(=O)[C@@]4(O[C@@H](CC(=O)N5CCC[C@H]5CO)[C@H]([Si](C)(C)F)[C@H]4C)c4cc(Cl)ccc43)cc2)cc1. The number of hydrogen-bond acceptors (Lipinski definition) is 6. The topological polar surface area (TPSA) is 108 Å². The minimum atomic E-state index is -3.48. The molecule has 3 heterocycles. The van der Waals surface area contributed by atoms with Gasteiger partial charge in [-0.3, -0.25) is 14.4 Å². The van der Waals surface area contributed by atoms with Gasteiger partial charge in [0.2, 0.25) is 14.3 Å². The van der Waals surface area contributed by atoms with Gasteiger partial charge in [0.15, 0.2) is 5.60 Å². The zero-order chi connectivity index (χ0) is 34.4. The summed E-state index contributed by atoms with van der Waals surface area (Å²) in [6, 6.07) is 19.0. The number of aliphatic hydroxyl groups is 1. The molecule has 3 aromatic carbocycles. The average Bonchev–Trinajstić information content (AvgIpc) is 3.72. The number of anilines is 2. The Kier molecular flexibility index (Phi) is 9.42. The van der Waals surface area contributed by atoms with Crippen LogP contribution in [-0.4, -0.2) is 68.5 Å². The molecule has 3 aliphatic heterocycles. The monoisotopic (exact) mass is 693 g/mol. The van der Waals surface area contributed by atoms with Crippen LogP contribution < -0.4 is 15.0 Å². The highest BCUT2D eigenvalue weighted by atomic mass is 35.5. The van der Waals surface area contributed by atoms with E-state index in [9.17, 15) is 19.5 Å². The number of nitrogens with zero attached hydrogens (tertiary/aromatic N) is 2. The lowest BCUT2D eigenvalue weighted by molar-refractivity contribution is -0.150. The average molecular weight is 694 g/mol. The molecule has 5 atom stereocenters. The quantitative estimate of drug-likeness (QED) is 0.201. The number of likely N-dealkylation sites (tertiary alicyclic amines) is 1. The maximum atomic E-state index is 16.2. The molecule has 0 bridgehead atoms. The smallest absolute Gasteiger partial charge is 0.264 e. The predicted octanol–water partition coefficient (Wildman–Crippen LogP) is 6.30. The van der Waals surface area contributed by atoms with Crippen LogP contribution in [0.15, 0.2) is 66.7 Å². The Morgan fingerprint density at radius 2 is 1.83 bits per heavy atom. The molecular formula is C36H41ClFN3O6Si. The number of methoxy groups -OCH3 is 1. The first-order valence-corrected chi connectivity index (χ1v) is 19.6. The molecule has 1 spiro atoms. The van der Waals surface area contributed by atoms with Crippen molar-refractivity contribution in [3.63, 3.8) is 0 Å². The van der Waals surface area contributed by atoms with Crippen LogP contribution in [0.1, 0.15) is 47.7 Å². The maximum absolute atomic E-state index is 16.2. The second-order valence-electron chi connectivity index (χ2n) is 13.5. The van der Waals surface area contributed by atoms with Gasteiger partial charge >= 0.3 is 0 Å². The minimum absolute atomic E-state index is 0.0690. The van der Waals surface area contributed by atoms with E-state index < -0.39 is 31.6 Å². The van der Waals surface area contributed by atoms with Gasteiger partial charge in [-0.2, -0.15) is 0 Å². The third kappa shape index (κ3) is 6.13. The predicted molar refractivity (Wildman–Crippen MR) is 185 cm³/mol. The molecule has 9 nitrogen and oxygen atoms in total. The van der Waals surface area contributed by atoms with Gasteiger partial charge in [0, 0.05) is 39.8 Å². The first-order chi connectivity index (χ1) is 22.9. The zero-order valence-electron chi connectivity index (χ0n) is 27.5. The number of ether oxygens (including phenoxy) is 2. The molecule has 254 valence electrons. The summed E-state index contributed by atoms with van der Waals surface area (Å²) in [6.07, 6.45) is 0.630. The Bertz CT molecular complexity index is 1700. The van der Waals surface area contributed by atoms with Gasteiger partial charge in [-0.1, -0.05) is 30.7 Å². The summed E-state index contributed by atoms with van der Waals surface area (Å²) >= 11 is 6.50. The third-order valence-electron chi connectivity index (χ3n) is 10.1. The summed E-state index contributed by atoms with van der Waals surface area (Å²) in [4.78, 5) is 44.2. The largest absolute Gasteiger partial charge is 0.497 e. The highest BCUT2D eigenvalue weighted by Crippen LogP contribution is 2.60. The first kappa shape index (κ1) is 34.1. The second kappa shape index (κ2) is 13.3. The lowest BCUT2D eigenvalue weighted by Gasteiger charge is -2.31. The molecule has 6 rings (SSSR count). The first-order valence-electron chi connectivity index (χ1n) is 16.3. The van der Waals surface area contributed by atoms with Crippen molar-refractivity contribution in [3.8, 4) is 5.75 Å². The van der Waals surface area contributed by atoms with E-state index in [0.29, 0.717) is 39.8 Å². The van der Waals surface area contributed by atoms with E-state index in [1.165, 1.54) is 0 Å². The molecule has 3 aliphatic rings. The highest BCUT2D eigenvalue weighted by molar-refractivity contribution is 6.72. The molecule has 0 radical (unpaired) electrons. The summed E-state index contributed by atoms with van der Waals surface area (Å²) in [5.74, 6) is -0.699. The number of fused-ring (bicyclic) bond motifs is 2. The van der Waals surface area contributed by atoms with Crippen LogP contribution in [0.5, 0.6) is 5.75 Å². The van der Waals surface area contributed by atoms with Crippen LogP contribution in [-0.2, 0) is 26.5 Å². The van der Waals surface area contributed by atoms with Crippen molar-refractivity contribution in [2.45, 2.75) is 69.1 Å². The Balaban J connectivity index is 1.26. The lowest BCUT2D eigenvalue weighted by atomic mass is 9.82. The number of nitrogens with one attached hydrogen (secondary N) is 1. The Hall–Kier alpha value is -3.77. The minimum Gasteiger partial charge on any atom is -0.497 e. The molecule has 0 saturated carbocycles. The fourth-order valence-corrected chi connectivity index (χ4v) is 10.5. The summed E-state index contributed by atoms with van der Waals surface area (Å²) in [7, 11) is -1.91. The Labute approximate surface area is 286 Å². The molecule has 2 N–H and O–H groups in total. The number of halogens is 2. The molecule has 2 saturated heterocycles. The van der Waals surface area contributed by atoms with Gasteiger partial charge in [0.1, 0.15) is 5.75 Å². The highest BCUT2D eigenvalue weighted by Gasteiger charge is 2.67. The molecule has 3 aromatic rings.